The summed E-state index contributed by atoms with van der Waals surface area (Å²) in [4.78, 5) is 11.6. The number of hydrogen-bond acceptors (Lipinski definition) is 2. The van der Waals surface area contributed by atoms with E-state index in [-0.39, 0.29) is 6.03 Å². The third kappa shape index (κ3) is 4.55. The second kappa shape index (κ2) is 6.91. The number of rotatable bonds is 5. The number of aromatic nitrogens is 2. The Morgan fingerprint density at radius 1 is 1.35 bits per heavy atom. The van der Waals surface area contributed by atoms with Gasteiger partial charge in [0.15, 0.2) is 0 Å². The van der Waals surface area contributed by atoms with Gasteiger partial charge in [-0.15, -0.1) is 0 Å². The molecule has 2 rings (SSSR count). The van der Waals surface area contributed by atoms with E-state index < -0.39 is 0 Å². The van der Waals surface area contributed by atoms with Crippen molar-refractivity contribution in [1.29, 1.82) is 0 Å². The molecule has 0 aliphatic rings. The van der Waals surface area contributed by atoms with E-state index in [0.29, 0.717) is 23.3 Å². The van der Waals surface area contributed by atoms with Crippen LogP contribution in [0.2, 0.25) is 0 Å². The first-order valence-electron chi connectivity index (χ1n) is 6.08. The number of carbonyl (C=O) groups excluding carboxylic acids is 1. The fourth-order valence-electron chi connectivity index (χ4n) is 1.64. The molecule has 1 heterocycles. The molecular weight excluding hydrogens is 320 g/mol. The van der Waals surface area contributed by atoms with Crippen molar-refractivity contribution in [3.8, 4) is 0 Å². The van der Waals surface area contributed by atoms with Gasteiger partial charge in [-0.25, -0.2) is 4.79 Å². The van der Waals surface area contributed by atoms with Crippen LogP contribution in [0.4, 0.5) is 10.5 Å². The van der Waals surface area contributed by atoms with E-state index in [9.17, 15) is 4.79 Å². The molecule has 1 aromatic heterocycles. The van der Waals surface area contributed by atoms with E-state index in [1.807, 2.05) is 30.3 Å². The van der Waals surface area contributed by atoms with Gasteiger partial charge in [-0.2, -0.15) is 5.10 Å². The number of carbonyl (C=O) groups is 1. The highest BCUT2D eigenvalue weighted by atomic mass is 79.9. The van der Waals surface area contributed by atoms with Crippen molar-refractivity contribution in [2.45, 2.75) is 6.54 Å². The summed E-state index contributed by atoms with van der Waals surface area (Å²) in [7, 11) is 0. The molecule has 2 N–H and O–H groups in total. The van der Waals surface area contributed by atoms with Crippen LogP contribution in [-0.4, -0.2) is 22.4 Å². The van der Waals surface area contributed by atoms with Gasteiger partial charge in [0.25, 0.3) is 0 Å². The predicted molar refractivity (Wildman–Crippen MR) is 82.9 cm³/mol. The highest BCUT2D eigenvalue weighted by Crippen LogP contribution is 2.08. The van der Waals surface area contributed by atoms with Crippen LogP contribution in [0, 0.1) is 0 Å². The molecule has 0 fully saturated rings. The third-order valence-corrected chi connectivity index (χ3v) is 2.80. The number of amides is 2. The molecular formula is C14H15BrN4O. The lowest BCUT2D eigenvalue weighted by Gasteiger charge is -2.04. The van der Waals surface area contributed by atoms with Crippen LogP contribution < -0.4 is 10.6 Å². The quantitative estimate of drug-likeness (QED) is 0.883. The molecule has 0 aliphatic carbocycles. The van der Waals surface area contributed by atoms with Crippen LogP contribution >= 0.6 is 15.9 Å². The molecule has 0 radical (unpaired) electrons. The van der Waals surface area contributed by atoms with Crippen molar-refractivity contribution < 1.29 is 4.79 Å². The molecule has 2 amide bonds. The van der Waals surface area contributed by atoms with Crippen LogP contribution in [-0.2, 0) is 6.54 Å². The molecule has 1 aromatic carbocycles. The molecule has 0 saturated carbocycles. The van der Waals surface area contributed by atoms with Crippen LogP contribution in [0.3, 0.4) is 0 Å². The summed E-state index contributed by atoms with van der Waals surface area (Å²) in [5, 5.41) is 9.57. The summed E-state index contributed by atoms with van der Waals surface area (Å²) in [6.07, 6.45) is 3.40. The van der Waals surface area contributed by atoms with E-state index in [2.05, 4.69) is 38.2 Å². The van der Waals surface area contributed by atoms with Gasteiger partial charge >= 0.3 is 6.03 Å². The monoisotopic (exact) mass is 334 g/mol. The smallest absolute Gasteiger partial charge is 0.319 e. The number of halogens is 1. The molecule has 0 bridgehead atoms. The van der Waals surface area contributed by atoms with E-state index in [1.165, 1.54) is 0 Å². The van der Waals surface area contributed by atoms with Gasteiger partial charge in [0.05, 0.1) is 25.0 Å². The van der Waals surface area contributed by atoms with Crippen LogP contribution in [0.25, 0.3) is 0 Å². The highest BCUT2D eigenvalue weighted by Gasteiger charge is 2.04. The average molecular weight is 335 g/mol. The topological polar surface area (TPSA) is 59.0 Å². The maximum atomic E-state index is 11.6. The first-order chi connectivity index (χ1) is 9.63. The van der Waals surface area contributed by atoms with Gasteiger partial charge in [0.2, 0.25) is 0 Å². The standard InChI is InChI=1S/C14H15BrN4O/c1-11(15)7-16-14(20)18-13-8-17-19(10-13)9-12-5-3-2-4-6-12/h2-6,8,10H,1,7,9H2,(H2,16,18,20). The maximum Gasteiger partial charge on any atom is 0.319 e. The number of benzene rings is 1. The van der Waals surface area contributed by atoms with Crippen LogP contribution in [0.1, 0.15) is 5.56 Å². The Morgan fingerprint density at radius 3 is 2.80 bits per heavy atom. The zero-order valence-electron chi connectivity index (χ0n) is 10.8. The Kier molecular flexibility index (Phi) is 4.95. The van der Waals surface area contributed by atoms with Gasteiger partial charge in [-0.3, -0.25) is 4.68 Å². The van der Waals surface area contributed by atoms with Crippen LogP contribution in [0.5, 0.6) is 0 Å². The molecule has 0 atom stereocenters. The minimum atomic E-state index is -0.287. The maximum absolute atomic E-state index is 11.6. The number of hydrogen-bond donors (Lipinski definition) is 2. The second-order valence-electron chi connectivity index (χ2n) is 4.24. The Morgan fingerprint density at radius 2 is 2.10 bits per heavy atom. The minimum absolute atomic E-state index is 0.287. The Hall–Kier alpha value is -2.08. The molecule has 20 heavy (non-hydrogen) atoms. The number of nitrogens with one attached hydrogen (secondary N) is 2. The molecule has 0 saturated heterocycles. The molecule has 104 valence electrons. The van der Waals surface area contributed by atoms with Gasteiger partial charge < -0.3 is 10.6 Å². The lowest BCUT2D eigenvalue weighted by molar-refractivity contribution is 0.253. The summed E-state index contributed by atoms with van der Waals surface area (Å²) in [6, 6.07) is 9.72. The largest absolute Gasteiger partial charge is 0.333 e. The predicted octanol–water partition coefficient (Wildman–Crippen LogP) is 2.96. The summed E-state index contributed by atoms with van der Waals surface area (Å²) in [5.74, 6) is 0. The van der Waals surface area contributed by atoms with E-state index in [0.717, 1.165) is 5.56 Å². The van der Waals surface area contributed by atoms with Gasteiger partial charge in [0.1, 0.15) is 0 Å². The summed E-state index contributed by atoms with van der Waals surface area (Å²) in [6.45, 7) is 4.69. The first-order valence-corrected chi connectivity index (χ1v) is 6.87. The normalized spacial score (nSPS) is 10.1. The van der Waals surface area contributed by atoms with Gasteiger partial charge in [-0.1, -0.05) is 52.8 Å². The third-order valence-electron chi connectivity index (χ3n) is 2.52. The molecule has 5 nitrogen and oxygen atoms in total. The Balaban J connectivity index is 1.89. The molecule has 0 aliphatic heterocycles. The van der Waals surface area contributed by atoms with Crippen molar-refractivity contribution in [3.63, 3.8) is 0 Å². The lowest BCUT2D eigenvalue weighted by atomic mass is 10.2. The fourth-order valence-corrected chi connectivity index (χ4v) is 1.78. The van der Waals surface area contributed by atoms with Crippen molar-refractivity contribution >= 4 is 27.6 Å². The van der Waals surface area contributed by atoms with Gasteiger partial charge in [0, 0.05) is 10.7 Å². The molecule has 0 unspecified atom stereocenters. The lowest BCUT2D eigenvalue weighted by Crippen LogP contribution is -2.29. The fraction of sp³-hybridized carbons (Fsp3) is 0.143. The SMILES string of the molecule is C=C(Br)CNC(=O)Nc1cnn(Cc2ccccc2)c1. The second-order valence-corrected chi connectivity index (χ2v) is 5.36. The van der Waals surface area contributed by atoms with Crippen molar-refractivity contribution in [2.24, 2.45) is 0 Å². The Bertz CT molecular complexity index is 594. The van der Waals surface area contributed by atoms with Crippen molar-refractivity contribution in [2.75, 3.05) is 11.9 Å². The minimum Gasteiger partial charge on any atom is -0.333 e. The summed E-state index contributed by atoms with van der Waals surface area (Å²) >= 11 is 3.18. The van der Waals surface area contributed by atoms with E-state index in [1.54, 1.807) is 17.1 Å². The van der Waals surface area contributed by atoms with E-state index >= 15 is 0 Å². The number of urea groups is 1. The average Bonchev–Trinajstić information content (AvgIpc) is 2.85. The Labute approximate surface area is 125 Å². The van der Waals surface area contributed by atoms with Crippen LogP contribution in [0.15, 0.2) is 53.8 Å². The zero-order valence-corrected chi connectivity index (χ0v) is 12.4. The molecule has 2 aromatic rings. The number of nitrogens with zero attached hydrogens (tertiary/aromatic N) is 2. The highest BCUT2D eigenvalue weighted by molar-refractivity contribution is 9.11. The van der Waals surface area contributed by atoms with Gasteiger partial charge in [-0.05, 0) is 5.56 Å². The first kappa shape index (κ1) is 14.3. The van der Waals surface area contributed by atoms with Crippen molar-refractivity contribution in [3.05, 3.63) is 59.4 Å². The molecule has 0 spiro atoms. The zero-order chi connectivity index (χ0) is 14.4. The molecule has 6 heteroatoms. The number of anilines is 1. The summed E-state index contributed by atoms with van der Waals surface area (Å²) < 4.78 is 2.49. The van der Waals surface area contributed by atoms with E-state index in [4.69, 9.17) is 0 Å². The summed E-state index contributed by atoms with van der Waals surface area (Å²) in [5.41, 5.74) is 1.81. The van der Waals surface area contributed by atoms with Crippen molar-refractivity contribution in [1.82, 2.24) is 15.1 Å².